The maximum Gasteiger partial charge on any atom is 0.472 e. The van der Waals surface area contributed by atoms with Crippen LogP contribution in [0.3, 0.4) is 0 Å². The summed E-state index contributed by atoms with van der Waals surface area (Å²) >= 11 is 0. The van der Waals surface area contributed by atoms with Gasteiger partial charge in [-0.25, -0.2) is 4.57 Å². The number of unbranched alkanes of at least 4 members (excludes halogenated alkanes) is 5. The lowest BCUT2D eigenvalue weighted by Gasteiger charge is -2.41. The molecular formula is C49H77O14P. The molecule has 362 valence electrons. The number of ether oxygens (including phenoxy) is 2. The van der Waals surface area contributed by atoms with Crippen molar-refractivity contribution in [2.75, 3.05) is 13.2 Å². The first-order valence-corrected chi connectivity index (χ1v) is 24.3. The van der Waals surface area contributed by atoms with Gasteiger partial charge in [-0.3, -0.25) is 18.6 Å². The zero-order valence-electron chi connectivity index (χ0n) is 37.9. The van der Waals surface area contributed by atoms with Crippen molar-refractivity contribution in [3.63, 3.8) is 0 Å². The molecule has 0 aromatic heterocycles. The molecule has 0 radical (unpaired) electrons. The van der Waals surface area contributed by atoms with Crippen LogP contribution in [0, 0.1) is 0 Å². The summed E-state index contributed by atoms with van der Waals surface area (Å²) in [5, 5.41) is 59.6. The molecule has 0 saturated heterocycles. The topological polar surface area (TPSA) is 230 Å². The fourth-order valence-corrected chi connectivity index (χ4v) is 6.94. The van der Waals surface area contributed by atoms with Crippen molar-refractivity contribution in [3.05, 3.63) is 109 Å². The Morgan fingerprint density at radius 1 is 0.562 bits per heavy atom. The van der Waals surface area contributed by atoms with Crippen molar-refractivity contribution < 1.29 is 68.2 Å². The van der Waals surface area contributed by atoms with Gasteiger partial charge < -0.3 is 45.0 Å². The highest BCUT2D eigenvalue weighted by atomic mass is 31.2. The van der Waals surface area contributed by atoms with E-state index in [0.29, 0.717) is 25.7 Å². The number of phosphoric acid groups is 1. The van der Waals surface area contributed by atoms with Crippen molar-refractivity contribution in [1.29, 1.82) is 0 Å². The molecule has 0 bridgehead atoms. The Morgan fingerprint density at radius 2 is 1.03 bits per heavy atom. The zero-order chi connectivity index (χ0) is 47.3. The number of aliphatic hydroxyl groups excluding tert-OH is 6. The van der Waals surface area contributed by atoms with Crippen LogP contribution >= 0.6 is 7.82 Å². The van der Waals surface area contributed by atoms with Crippen LogP contribution in [0.25, 0.3) is 0 Å². The number of hydrogen-bond acceptors (Lipinski definition) is 13. The minimum absolute atomic E-state index is 0.0420. The highest BCUT2D eigenvalue weighted by molar-refractivity contribution is 7.47. The molecule has 0 aromatic carbocycles. The number of carbonyl (C=O) groups excluding carboxylic acids is 2. The van der Waals surface area contributed by atoms with Crippen molar-refractivity contribution in [2.45, 2.75) is 172 Å². The third kappa shape index (κ3) is 29.8. The number of hydrogen-bond donors (Lipinski definition) is 7. The molecule has 1 fully saturated rings. The van der Waals surface area contributed by atoms with Crippen LogP contribution in [0.1, 0.15) is 123 Å². The maximum absolute atomic E-state index is 12.8. The van der Waals surface area contributed by atoms with Gasteiger partial charge in [-0.15, -0.1) is 0 Å². The van der Waals surface area contributed by atoms with E-state index in [1.165, 1.54) is 0 Å². The molecular weight excluding hydrogens is 843 g/mol. The Labute approximate surface area is 381 Å². The minimum atomic E-state index is -5.15. The second kappa shape index (κ2) is 37.7. The minimum Gasteiger partial charge on any atom is -0.462 e. The highest BCUT2D eigenvalue weighted by Crippen LogP contribution is 2.47. The van der Waals surface area contributed by atoms with Gasteiger partial charge in [0.05, 0.1) is 12.7 Å². The molecule has 1 saturated carbocycles. The predicted octanol–water partition coefficient (Wildman–Crippen LogP) is 7.80. The summed E-state index contributed by atoms with van der Waals surface area (Å²) in [6.45, 7) is 2.76. The summed E-state index contributed by atoms with van der Waals surface area (Å²) in [7, 11) is -5.15. The van der Waals surface area contributed by atoms with E-state index in [1.807, 2.05) is 43.4 Å². The van der Waals surface area contributed by atoms with Gasteiger partial charge in [0.2, 0.25) is 0 Å². The molecule has 3 unspecified atom stereocenters. The van der Waals surface area contributed by atoms with Crippen molar-refractivity contribution in [3.8, 4) is 0 Å². The fraction of sp³-hybridized carbons (Fsp3) is 0.592. The van der Waals surface area contributed by atoms with Gasteiger partial charge >= 0.3 is 19.8 Å². The van der Waals surface area contributed by atoms with E-state index in [9.17, 15) is 49.7 Å². The number of allylic oxidation sites excluding steroid dienone is 17. The number of rotatable bonds is 35. The molecule has 0 spiro atoms. The van der Waals surface area contributed by atoms with Gasteiger partial charge in [0.15, 0.2) is 6.10 Å². The largest absolute Gasteiger partial charge is 0.472 e. The first-order chi connectivity index (χ1) is 30.8. The van der Waals surface area contributed by atoms with Crippen molar-refractivity contribution >= 4 is 19.8 Å². The number of esters is 2. The molecule has 0 aliphatic heterocycles. The summed E-state index contributed by atoms with van der Waals surface area (Å²) in [6, 6.07) is 0. The average Bonchev–Trinajstić information content (AvgIpc) is 3.28. The summed E-state index contributed by atoms with van der Waals surface area (Å²) in [4.78, 5) is 35.7. The fourth-order valence-electron chi connectivity index (χ4n) is 5.97. The standard InChI is InChI=1S/C49H77O14P/c1-3-5-6-7-8-9-10-11-12-13-14-19-22-25-28-31-34-37-43(52)62-41(39-61-64(58,59)63-49-47(56)45(54)44(53)46(55)48(49)57)38-60-42(51)36-33-30-27-24-21-18-16-15-17-20-23-26-29-32-35-40(50)4-2/h5-6,8-9,11-12,14,16-20,24,26-27,29,32,35,40-41,44-50,53-57H,3-4,7,10,13,15,21-23,25,28,30-31,33-34,36-39H2,1-2H3,(H,58,59)/b6-5-,9-8-,12-11-,18-16-,19-14-,20-17-,27-24-,29-26-,35-32+/t40-,41+,44?,45-,46+,47+,48+,49?/m0/s1. The molecule has 1 aliphatic rings. The Bertz CT molecular complexity index is 1550. The first kappa shape index (κ1) is 58.5. The summed E-state index contributed by atoms with van der Waals surface area (Å²) in [5.74, 6) is -1.23. The SMILES string of the molecule is CC/C=C\C/C=C\C/C=C\C/C=C\CCCCCCC(=O)O[C@H](COC(=O)CCC/C=C\C/C=C\C/C=C\C/C=C\C=C\[C@@H](O)CC)COP(=O)(O)OC1[C@H](O)[C@H](O)C(O)[C@H](O)[C@H]1O. The molecule has 1 aliphatic carbocycles. The van der Waals surface area contributed by atoms with Crippen LogP contribution in [0.5, 0.6) is 0 Å². The zero-order valence-corrected chi connectivity index (χ0v) is 38.8. The van der Waals surface area contributed by atoms with Crippen LogP contribution in [-0.4, -0.2) is 110 Å². The lowest BCUT2D eigenvalue weighted by molar-refractivity contribution is -0.220. The van der Waals surface area contributed by atoms with E-state index in [2.05, 4.69) is 73.8 Å². The summed E-state index contributed by atoms with van der Waals surface area (Å²) in [5.41, 5.74) is 0. The average molecular weight is 921 g/mol. The van der Waals surface area contributed by atoms with Crippen molar-refractivity contribution in [2.24, 2.45) is 0 Å². The van der Waals surface area contributed by atoms with Gasteiger partial charge in [-0.1, -0.05) is 136 Å². The molecule has 15 heteroatoms. The lowest BCUT2D eigenvalue weighted by atomic mass is 9.85. The Morgan fingerprint density at radius 3 is 1.58 bits per heavy atom. The quantitative estimate of drug-likeness (QED) is 0.0106. The molecule has 64 heavy (non-hydrogen) atoms. The van der Waals surface area contributed by atoms with Crippen LogP contribution in [0.4, 0.5) is 0 Å². The van der Waals surface area contributed by atoms with Crippen LogP contribution in [0.2, 0.25) is 0 Å². The van der Waals surface area contributed by atoms with Gasteiger partial charge in [0.1, 0.15) is 43.2 Å². The Balaban J connectivity index is 2.54. The molecule has 0 amide bonds. The third-order valence-electron chi connectivity index (χ3n) is 9.77. The van der Waals surface area contributed by atoms with Gasteiger partial charge in [0, 0.05) is 12.8 Å². The molecule has 0 aromatic rings. The molecule has 1 rings (SSSR count). The van der Waals surface area contributed by atoms with Crippen LogP contribution in [-0.2, 0) is 32.7 Å². The smallest absolute Gasteiger partial charge is 0.462 e. The predicted molar refractivity (Wildman–Crippen MR) is 250 cm³/mol. The Hall–Kier alpha value is -3.53. The van der Waals surface area contributed by atoms with E-state index >= 15 is 0 Å². The van der Waals surface area contributed by atoms with Crippen LogP contribution in [0.15, 0.2) is 109 Å². The van der Waals surface area contributed by atoms with Gasteiger partial charge in [-0.05, 0) is 83.5 Å². The van der Waals surface area contributed by atoms with E-state index < -0.39 is 81.8 Å². The summed E-state index contributed by atoms with van der Waals surface area (Å²) < 4.78 is 33.4. The Kier molecular flexibility index (Phi) is 34.4. The lowest BCUT2D eigenvalue weighted by Crippen LogP contribution is -2.64. The second-order valence-corrected chi connectivity index (χ2v) is 16.7. The molecule has 14 nitrogen and oxygen atoms in total. The van der Waals surface area contributed by atoms with E-state index in [4.69, 9.17) is 18.5 Å². The maximum atomic E-state index is 12.8. The van der Waals surface area contributed by atoms with E-state index in [1.54, 1.807) is 6.08 Å². The second-order valence-electron chi connectivity index (χ2n) is 15.3. The molecule has 7 N–H and O–H groups in total. The summed E-state index contributed by atoms with van der Waals surface area (Å²) in [6.07, 6.45) is 35.2. The third-order valence-corrected chi connectivity index (χ3v) is 10.8. The normalized spacial score (nSPS) is 23.1. The molecule has 9 atom stereocenters. The monoisotopic (exact) mass is 921 g/mol. The van der Waals surface area contributed by atoms with E-state index in [-0.39, 0.29) is 12.8 Å². The number of carbonyl (C=O) groups is 2. The van der Waals surface area contributed by atoms with Crippen molar-refractivity contribution in [1.82, 2.24) is 0 Å². The highest BCUT2D eigenvalue weighted by Gasteiger charge is 2.51. The van der Waals surface area contributed by atoms with Crippen LogP contribution < -0.4 is 0 Å². The molecule has 0 heterocycles. The number of phosphoric ester groups is 1. The number of aliphatic hydroxyl groups is 6. The van der Waals surface area contributed by atoms with E-state index in [0.717, 1.165) is 70.6 Å². The first-order valence-electron chi connectivity index (χ1n) is 22.8. The van der Waals surface area contributed by atoms with Gasteiger partial charge in [0.25, 0.3) is 0 Å². The van der Waals surface area contributed by atoms with Gasteiger partial charge in [-0.2, -0.15) is 0 Å².